The Balaban J connectivity index is 3.43. The van der Waals surface area contributed by atoms with E-state index in [4.69, 9.17) is 0 Å². The third-order valence-electron chi connectivity index (χ3n) is 6.64. The van der Waals surface area contributed by atoms with Gasteiger partial charge < -0.3 is 0 Å². The van der Waals surface area contributed by atoms with Crippen molar-refractivity contribution in [2.75, 3.05) is 0 Å². The first-order chi connectivity index (χ1) is 16.8. The van der Waals surface area contributed by atoms with E-state index in [-0.39, 0.29) is 5.56 Å². The van der Waals surface area contributed by atoms with Gasteiger partial charge in [0.1, 0.15) is 0 Å². The summed E-state index contributed by atoms with van der Waals surface area (Å²) in [5, 5.41) is 0. The Morgan fingerprint density at radius 1 is 0.800 bits per heavy atom. The molecule has 0 saturated carbocycles. The number of halogens is 3. The minimum atomic E-state index is -4.39. The molecule has 0 N–H and O–H groups in total. The first-order valence-electron chi connectivity index (χ1n) is 13.9. The number of alkyl halides is 3. The summed E-state index contributed by atoms with van der Waals surface area (Å²) in [6, 6.07) is 5.69. The van der Waals surface area contributed by atoms with Gasteiger partial charge >= 0.3 is 218 Å². The summed E-state index contributed by atoms with van der Waals surface area (Å²) < 4.78 is 47.1. The van der Waals surface area contributed by atoms with Gasteiger partial charge in [-0.1, -0.05) is 0 Å². The molecule has 35 heavy (non-hydrogen) atoms. The topological polar surface area (TPSA) is 0 Å². The first kappa shape index (κ1) is 31.9. The fourth-order valence-electron chi connectivity index (χ4n) is 4.51. The summed E-state index contributed by atoms with van der Waals surface area (Å²) >= 11 is -2.64. The fraction of sp³-hybridized carbons (Fsp3) is 0.613. The fourth-order valence-corrected chi connectivity index (χ4v) is 19.3. The number of hydrogen-bond acceptors (Lipinski definition) is 0. The first-order valence-corrected chi connectivity index (χ1v) is 21.6. The Kier molecular flexibility index (Phi) is 16.5. The van der Waals surface area contributed by atoms with Crippen molar-refractivity contribution in [2.45, 2.75) is 118 Å². The molecule has 0 radical (unpaired) electrons. The Hall–Kier alpha value is -1.15. The molecule has 0 aromatic heterocycles. The molecule has 0 aliphatic heterocycles. The van der Waals surface area contributed by atoms with Crippen LogP contribution in [0.1, 0.15) is 109 Å². The van der Waals surface area contributed by atoms with E-state index in [1.807, 2.05) is 0 Å². The second-order valence-electron chi connectivity index (χ2n) is 9.82. The van der Waals surface area contributed by atoms with Crippen molar-refractivity contribution in [1.82, 2.24) is 0 Å². The van der Waals surface area contributed by atoms with Crippen molar-refractivity contribution in [2.24, 2.45) is 0 Å². The van der Waals surface area contributed by atoms with Crippen molar-refractivity contribution >= 4 is 18.4 Å². The summed E-state index contributed by atoms with van der Waals surface area (Å²) in [7, 11) is 0. The Labute approximate surface area is 217 Å². The Morgan fingerprint density at radius 3 is 1.91 bits per heavy atom. The van der Waals surface area contributed by atoms with E-state index in [2.05, 4.69) is 55.8 Å². The van der Waals surface area contributed by atoms with Crippen LogP contribution in [-0.2, 0) is 6.18 Å². The molecule has 0 unspecified atom stereocenters. The SMILES string of the molecule is CCCCCC/C=C/C(C#Cc1ccccc1C(F)(F)F)=[CH]/[Sn]([CH2]CCC)([CH2]CCC)[CH2]CCC. The van der Waals surface area contributed by atoms with E-state index in [0.717, 1.165) is 24.5 Å². The van der Waals surface area contributed by atoms with Gasteiger partial charge in [-0.05, 0) is 0 Å². The Bertz CT molecular complexity index is 802. The number of rotatable bonds is 16. The van der Waals surface area contributed by atoms with E-state index in [0.29, 0.717) is 0 Å². The van der Waals surface area contributed by atoms with E-state index in [1.165, 1.54) is 83.2 Å². The molecule has 0 aliphatic carbocycles. The van der Waals surface area contributed by atoms with Gasteiger partial charge in [0.2, 0.25) is 0 Å². The molecule has 0 heterocycles. The monoisotopic (exact) mass is 596 g/mol. The van der Waals surface area contributed by atoms with Crippen LogP contribution >= 0.6 is 0 Å². The van der Waals surface area contributed by atoms with Crippen LogP contribution in [0.5, 0.6) is 0 Å². The van der Waals surface area contributed by atoms with Gasteiger partial charge in [0.05, 0.1) is 0 Å². The summed E-state index contributed by atoms with van der Waals surface area (Å²) in [6.07, 6.45) is 13.1. The van der Waals surface area contributed by atoms with Crippen LogP contribution in [0, 0.1) is 11.8 Å². The third-order valence-corrected chi connectivity index (χ3v) is 20.8. The molecule has 0 spiro atoms. The number of unbranched alkanes of at least 4 members (excludes halogenated alkanes) is 7. The maximum atomic E-state index is 13.5. The minimum absolute atomic E-state index is 0.0683. The van der Waals surface area contributed by atoms with Crippen LogP contribution in [0.3, 0.4) is 0 Å². The molecule has 0 bridgehead atoms. The van der Waals surface area contributed by atoms with Gasteiger partial charge in [0, 0.05) is 0 Å². The van der Waals surface area contributed by atoms with Gasteiger partial charge in [-0.25, -0.2) is 0 Å². The quantitative estimate of drug-likeness (QED) is 0.0772. The van der Waals surface area contributed by atoms with E-state index in [1.54, 1.807) is 6.07 Å². The number of hydrogen-bond donors (Lipinski definition) is 0. The van der Waals surface area contributed by atoms with E-state index >= 15 is 0 Å². The number of benzene rings is 1. The summed E-state index contributed by atoms with van der Waals surface area (Å²) in [6.45, 7) is 8.97. The van der Waals surface area contributed by atoms with Crippen molar-refractivity contribution in [3.05, 3.63) is 57.2 Å². The normalized spacial score (nSPS) is 12.7. The number of allylic oxidation sites excluding steroid dienone is 3. The molecular formula is C31H47F3Sn. The molecule has 0 amide bonds. The van der Waals surface area contributed by atoms with Crippen LogP contribution in [0.2, 0.25) is 13.3 Å². The summed E-state index contributed by atoms with van der Waals surface area (Å²) in [4.78, 5) is 0. The van der Waals surface area contributed by atoms with Crippen LogP contribution < -0.4 is 0 Å². The van der Waals surface area contributed by atoms with Gasteiger partial charge in [0.25, 0.3) is 0 Å². The van der Waals surface area contributed by atoms with E-state index in [9.17, 15) is 13.2 Å². The van der Waals surface area contributed by atoms with Crippen LogP contribution in [-0.4, -0.2) is 18.4 Å². The van der Waals surface area contributed by atoms with Gasteiger partial charge in [-0.3, -0.25) is 0 Å². The van der Waals surface area contributed by atoms with Crippen LogP contribution in [0.25, 0.3) is 0 Å². The molecule has 1 rings (SSSR count). The second kappa shape index (κ2) is 18.1. The zero-order valence-electron chi connectivity index (χ0n) is 22.6. The van der Waals surface area contributed by atoms with Crippen molar-refractivity contribution in [3.8, 4) is 11.8 Å². The maximum absolute atomic E-state index is 13.5. The predicted octanol–water partition coefficient (Wildman–Crippen LogP) is 10.9. The molecular weight excluding hydrogens is 548 g/mol. The standard InChI is InChI=1S/C19H20F3.3C4H9.Sn/c1-3-4-5-6-7-8-11-16(2)14-15-17-12-9-10-13-18(17)19(20,21)22;3*1-3-4-2;/h2,8-13H,3-7H2,1H3;3*1,3-4H2,2H3;/b11-8+,16-2?;;;;. The molecule has 196 valence electrons. The molecule has 4 heteroatoms. The molecule has 1 aromatic rings. The summed E-state index contributed by atoms with van der Waals surface area (Å²) in [5.41, 5.74) is 0.378. The molecule has 1 aromatic carbocycles. The van der Waals surface area contributed by atoms with Gasteiger partial charge in [0.15, 0.2) is 0 Å². The van der Waals surface area contributed by atoms with E-state index < -0.39 is 30.1 Å². The molecule has 0 aliphatic rings. The zero-order valence-corrected chi connectivity index (χ0v) is 25.4. The molecule has 0 nitrogen and oxygen atoms in total. The zero-order chi connectivity index (χ0) is 26.0. The average Bonchev–Trinajstić information content (AvgIpc) is 2.84. The van der Waals surface area contributed by atoms with Crippen LogP contribution in [0.4, 0.5) is 13.2 Å². The second-order valence-corrected chi connectivity index (χ2v) is 22.7. The van der Waals surface area contributed by atoms with Gasteiger partial charge in [-0.15, -0.1) is 0 Å². The third kappa shape index (κ3) is 13.1. The Morgan fingerprint density at radius 2 is 1.37 bits per heavy atom. The summed E-state index contributed by atoms with van der Waals surface area (Å²) in [5.74, 6) is 6.13. The van der Waals surface area contributed by atoms with Crippen molar-refractivity contribution in [1.29, 1.82) is 0 Å². The predicted molar refractivity (Wildman–Crippen MR) is 149 cm³/mol. The van der Waals surface area contributed by atoms with Crippen molar-refractivity contribution < 1.29 is 13.2 Å². The molecule has 0 fully saturated rings. The average molecular weight is 595 g/mol. The molecule has 0 saturated heterocycles. The van der Waals surface area contributed by atoms with Crippen LogP contribution in [0.15, 0.2) is 46.1 Å². The van der Waals surface area contributed by atoms with Gasteiger partial charge in [-0.2, -0.15) is 0 Å². The molecule has 0 atom stereocenters. The van der Waals surface area contributed by atoms with Crippen molar-refractivity contribution in [3.63, 3.8) is 0 Å².